The van der Waals surface area contributed by atoms with Gasteiger partial charge in [0.2, 0.25) is 5.91 Å². The molecule has 0 saturated carbocycles. The maximum absolute atomic E-state index is 12.5. The molecule has 1 saturated heterocycles. The summed E-state index contributed by atoms with van der Waals surface area (Å²) in [5.41, 5.74) is 2.76. The van der Waals surface area contributed by atoms with E-state index in [9.17, 15) is 9.59 Å². The number of carbonyl (C=O) groups is 2. The molecular weight excluding hydrogens is 278 g/mol. The molecule has 1 atom stereocenters. The van der Waals surface area contributed by atoms with Crippen LogP contribution in [-0.4, -0.2) is 22.8 Å². The Morgan fingerprint density at radius 2 is 1.82 bits per heavy atom. The number of aryl methyl sites for hydroxylation is 1. The fourth-order valence-electron chi connectivity index (χ4n) is 2.50. The van der Waals surface area contributed by atoms with Crippen molar-refractivity contribution in [1.82, 2.24) is 10.3 Å². The van der Waals surface area contributed by atoms with Gasteiger partial charge in [-0.1, -0.05) is 17.7 Å². The number of hydrogen-bond acceptors (Lipinski definition) is 4. The summed E-state index contributed by atoms with van der Waals surface area (Å²) in [5, 5.41) is 3.15. The molecule has 5 heteroatoms. The fraction of sp³-hybridized carbons (Fsp3) is 0.235. The van der Waals surface area contributed by atoms with E-state index in [4.69, 9.17) is 0 Å². The van der Waals surface area contributed by atoms with Crippen molar-refractivity contribution in [1.29, 1.82) is 0 Å². The largest absolute Gasteiger partial charge is 0.301 e. The summed E-state index contributed by atoms with van der Waals surface area (Å²) in [5.74, 6) is -0.357. The van der Waals surface area contributed by atoms with Gasteiger partial charge in [-0.2, -0.15) is 0 Å². The average molecular weight is 295 g/mol. The summed E-state index contributed by atoms with van der Waals surface area (Å²) >= 11 is 0. The zero-order valence-corrected chi connectivity index (χ0v) is 12.3. The van der Waals surface area contributed by atoms with E-state index in [-0.39, 0.29) is 18.2 Å². The first-order chi connectivity index (χ1) is 10.6. The number of nitrogens with one attached hydrogen (secondary N) is 1. The number of carbonyl (C=O) groups excluding carboxylic acids is 2. The predicted molar refractivity (Wildman–Crippen MR) is 83.2 cm³/mol. The number of anilines is 1. The third-order valence-electron chi connectivity index (χ3n) is 3.74. The third kappa shape index (κ3) is 2.89. The van der Waals surface area contributed by atoms with Crippen LogP contribution in [0.5, 0.6) is 0 Å². The number of benzene rings is 1. The Bertz CT molecular complexity index is 683. The van der Waals surface area contributed by atoms with Gasteiger partial charge in [0, 0.05) is 18.9 Å². The average Bonchev–Trinajstić information content (AvgIpc) is 2.82. The molecule has 1 fully saturated rings. The van der Waals surface area contributed by atoms with Gasteiger partial charge in [0.25, 0.3) is 5.91 Å². The molecule has 1 aliphatic heterocycles. The quantitative estimate of drug-likeness (QED) is 0.874. The van der Waals surface area contributed by atoms with Gasteiger partial charge >= 0.3 is 0 Å². The van der Waals surface area contributed by atoms with Gasteiger partial charge in [0.15, 0.2) is 0 Å². The molecule has 0 aliphatic carbocycles. The van der Waals surface area contributed by atoms with E-state index in [0.717, 1.165) is 11.1 Å². The second kappa shape index (κ2) is 6.07. The molecular formula is C17H17N3O2. The highest BCUT2D eigenvalue weighted by Crippen LogP contribution is 2.23. The van der Waals surface area contributed by atoms with Crippen molar-refractivity contribution in [2.75, 3.05) is 4.90 Å². The number of rotatable bonds is 4. The van der Waals surface area contributed by atoms with Gasteiger partial charge in [-0.15, -0.1) is 0 Å². The van der Waals surface area contributed by atoms with Crippen molar-refractivity contribution >= 4 is 17.5 Å². The summed E-state index contributed by atoms with van der Waals surface area (Å²) in [6.07, 6.45) is 3.60. The summed E-state index contributed by atoms with van der Waals surface area (Å²) in [4.78, 5) is 29.8. The molecule has 3 rings (SSSR count). The van der Waals surface area contributed by atoms with Gasteiger partial charge in [0.05, 0.1) is 18.2 Å². The van der Waals surface area contributed by atoms with Crippen LogP contribution in [0, 0.1) is 6.92 Å². The third-order valence-corrected chi connectivity index (χ3v) is 3.74. The summed E-state index contributed by atoms with van der Waals surface area (Å²) < 4.78 is 0. The second-order valence-electron chi connectivity index (χ2n) is 5.40. The molecule has 2 heterocycles. The highest BCUT2D eigenvalue weighted by molar-refractivity contribution is 6.22. The Hall–Kier alpha value is -2.53. The predicted octanol–water partition coefficient (Wildman–Crippen LogP) is 1.81. The van der Waals surface area contributed by atoms with E-state index in [1.165, 1.54) is 4.90 Å². The minimum absolute atomic E-state index is 0.166. The first-order valence-corrected chi connectivity index (χ1v) is 7.21. The molecule has 1 N–H and O–H groups in total. The monoisotopic (exact) mass is 295 g/mol. The zero-order chi connectivity index (χ0) is 15.5. The first kappa shape index (κ1) is 14.4. The minimum atomic E-state index is -0.470. The standard InChI is InChI=1S/C17H17N3O2/c1-12-2-4-14(5-3-12)20-16(21)10-15(17(20)22)19-11-13-6-8-18-9-7-13/h2-9,15,19H,10-11H2,1H3/t15-/m1/s1. The first-order valence-electron chi connectivity index (χ1n) is 7.21. The smallest absolute Gasteiger partial charge is 0.251 e. The van der Waals surface area contributed by atoms with E-state index in [0.29, 0.717) is 12.2 Å². The van der Waals surface area contributed by atoms with E-state index in [1.807, 2.05) is 31.2 Å². The minimum Gasteiger partial charge on any atom is -0.301 e. The van der Waals surface area contributed by atoms with Crippen LogP contribution >= 0.6 is 0 Å². The number of aromatic nitrogens is 1. The molecule has 0 unspecified atom stereocenters. The lowest BCUT2D eigenvalue weighted by Gasteiger charge is -2.15. The Balaban J connectivity index is 1.70. The Kier molecular flexibility index (Phi) is 3.98. The fourth-order valence-corrected chi connectivity index (χ4v) is 2.50. The number of amides is 2. The molecule has 1 aromatic carbocycles. The van der Waals surface area contributed by atoms with Crippen LogP contribution < -0.4 is 10.2 Å². The molecule has 0 spiro atoms. The molecule has 1 aliphatic rings. The molecule has 5 nitrogen and oxygen atoms in total. The number of pyridine rings is 1. The molecule has 0 bridgehead atoms. The molecule has 22 heavy (non-hydrogen) atoms. The van der Waals surface area contributed by atoms with E-state index in [2.05, 4.69) is 10.3 Å². The summed E-state index contributed by atoms with van der Waals surface area (Å²) in [6, 6.07) is 10.7. The molecule has 2 amide bonds. The SMILES string of the molecule is Cc1ccc(N2C(=O)C[C@@H](NCc3ccncc3)C2=O)cc1. The lowest BCUT2D eigenvalue weighted by Crippen LogP contribution is -2.38. The van der Waals surface area contributed by atoms with E-state index < -0.39 is 6.04 Å². The van der Waals surface area contributed by atoms with Gasteiger partial charge in [-0.05, 0) is 36.8 Å². The molecule has 2 aromatic rings. The highest BCUT2D eigenvalue weighted by atomic mass is 16.2. The maximum Gasteiger partial charge on any atom is 0.251 e. The van der Waals surface area contributed by atoms with Crippen LogP contribution in [0.1, 0.15) is 17.5 Å². The van der Waals surface area contributed by atoms with E-state index in [1.54, 1.807) is 24.5 Å². The van der Waals surface area contributed by atoms with Crippen molar-refractivity contribution in [2.24, 2.45) is 0 Å². The lowest BCUT2D eigenvalue weighted by molar-refractivity contribution is -0.121. The number of hydrogen-bond donors (Lipinski definition) is 1. The van der Waals surface area contributed by atoms with Gasteiger partial charge in [0.1, 0.15) is 0 Å². The van der Waals surface area contributed by atoms with Crippen LogP contribution in [0.25, 0.3) is 0 Å². The van der Waals surface area contributed by atoms with E-state index >= 15 is 0 Å². The van der Waals surface area contributed by atoms with Crippen molar-refractivity contribution < 1.29 is 9.59 Å². The normalized spacial score (nSPS) is 18.0. The van der Waals surface area contributed by atoms with Gasteiger partial charge < -0.3 is 5.32 Å². The highest BCUT2D eigenvalue weighted by Gasteiger charge is 2.39. The molecule has 1 aromatic heterocycles. The summed E-state index contributed by atoms with van der Waals surface area (Å²) in [7, 11) is 0. The van der Waals surface area contributed by atoms with Gasteiger partial charge in [-0.25, -0.2) is 4.90 Å². The molecule has 0 radical (unpaired) electrons. The van der Waals surface area contributed by atoms with Crippen LogP contribution in [0.4, 0.5) is 5.69 Å². The van der Waals surface area contributed by atoms with Crippen LogP contribution in [0.2, 0.25) is 0 Å². The Morgan fingerprint density at radius 1 is 1.14 bits per heavy atom. The van der Waals surface area contributed by atoms with Crippen LogP contribution in [0.15, 0.2) is 48.8 Å². The summed E-state index contributed by atoms with van der Waals surface area (Å²) in [6.45, 7) is 2.50. The lowest BCUT2D eigenvalue weighted by atomic mass is 10.2. The van der Waals surface area contributed by atoms with Crippen molar-refractivity contribution in [2.45, 2.75) is 25.9 Å². The van der Waals surface area contributed by atoms with Gasteiger partial charge in [-0.3, -0.25) is 14.6 Å². The maximum atomic E-state index is 12.5. The zero-order valence-electron chi connectivity index (χ0n) is 12.3. The van der Waals surface area contributed by atoms with Crippen molar-refractivity contribution in [3.8, 4) is 0 Å². The van der Waals surface area contributed by atoms with Crippen LogP contribution in [-0.2, 0) is 16.1 Å². The number of imide groups is 1. The molecule has 112 valence electrons. The topological polar surface area (TPSA) is 62.3 Å². The Morgan fingerprint density at radius 3 is 2.50 bits per heavy atom. The second-order valence-corrected chi connectivity index (χ2v) is 5.40. The number of nitrogens with zero attached hydrogens (tertiary/aromatic N) is 2. The van der Waals surface area contributed by atoms with Crippen LogP contribution in [0.3, 0.4) is 0 Å². The van der Waals surface area contributed by atoms with Crippen molar-refractivity contribution in [3.05, 3.63) is 59.9 Å². The Labute approximate surface area is 129 Å². The van der Waals surface area contributed by atoms with Crippen molar-refractivity contribution in [3.63, 3.8) is 0 Å².